The quantitative estimate of drug-likeness (QED) is 0.0373. The van der Waals surface area contributed by atoms with Gasteiger partial charge >= 0.3 is 36.2 Å². The van der Waals surface area contributed by atoms with E-state index in [-0.39, 0.29) is 73.7 Å². The van der Waals surface area contributed by atoms with Gasteiger partial charge in [-0.05, 0) is 61.1 Å². The van der Waals surface area contributed by atoms with E-state index in [1.807, 2.05) is 13.8 Å². The van der Waals surface area contributed by atoms with Gasteiger partial charge in [-0.2, -0.15) is 26.3 Å². The van der Waals surface area contributed by atoms with Crippen molar-refractivity contribution in [1.82, 2.24) is 0 Å². The molecule has 16 heteroatoms. The smallest absolute Gasteiger partial charge is 0.420 e. The number of esters is 4. The van der Waals surface area contributed by atoms with Crippen LogP contribution in [0.25, 0.3) is 0 Å². The number of carbonyl (C=O) groups is 4. The second kappa shape index (κ2) is 23.9. The van der Waals surface area contributed by atoms with Gasteiger partial charge in [0.1, 0.15) is 22.6 Å². The fraction of sp³-hybridized carbons (Fsp3) is 0.409. The van der Waals surface area contributed by atoms with E-state index in [4.69, 9.17) is 28.4 Å². The van der Waals surface area contributed by atoms with Crippen LogP contribution in [0.3, 0.4) is 0 Å². The lowest BCUT2D eigenvalue weighted by Crippen LogP contribution is -2.23. The van der Waals surface area contributed by atoms with E-state index in [1.54, 1.807) is 12.1 Å². The van der Waals surface area contributed by atoms with Crippen molar-refractivity contribution in [3.8, 4) is 11.5 Å². The first-order valence-electron chi connectivity index (χ1n) is 19.3. The molecule has 0 fully saturated rings. The van der Waals surface area contributed by atoms with Gasteiger partial charge in [-0.3, -0.25) is 0 Å². The molecule has 0 bridgehead atoms. The maximum Gasteiger partial charge on any atom is 0.420 e. The van der Waals surface area contributed by atoms with Crippen LogP contribution in [0.4, 0.5) is 26.3 Å². The van der Waals surface area contributed by atoms with E-state index in [1.165, 1.54) is 36.4 Å². The van der Waals surface area contributed by atoms with Crippen LogP contribution >= 0.6 is 0 Å². The molecule has 0 radical (unpaired) electrons. The Morgan fingerprint density at radius 2 is 0.933 bits per heavy atom. The summed E-state index contributed by atoms with van der Waals surface area (Å²) in [4.78, 5) is 49.5. The van der Waals surface area contributed by atoms with Crippen molar-refractivity contribution in [3.63, 3.8) is 0 Å². The second-order valence-electron chi connectivity index (χ2n) is 13.3. The van der Waals surface area contributed by atoms with Gasteiger partial charge in [-0.25, -0.2) is 19.2 Å². The molecule has 0 aliphatic carbocycles. The van der Waals surface area contributed by atoms with Crippen LogP contribution in [-0.4, -0.2) is 62.5 Å². The Bertz CT molecular complexity index is 1790. The summed E-state index contributed by atoms with van der Waals surface area (Å²) in [6.45, 7) is 10.7. The number of carbonyl (C=O) groups excluding carboxylic acids is 4. The first-order valence-corrected chi connectivity index (χ1v) is 19.3. The number of benzene rings is 3. The summed E-state index contributed by atoms with van der Waals surface area (Å²) in [6.07, 6.45) is -6.48. The Balaban J connectivity index is 1.83. The highest BCUT2D eigenvalue weighted by Crippen LogP contribution is 2.49. The average molecular weight is 851 g/mol. The Morgan fingerprint density at radius 1 is 0.567 bits per heavy atom. The molecule has 0 saturated carbocycles. The van der Waals surface area contributed by atoms with Crippen LogP contribution in [0.5, 0.6) is 11.5 Å². The van der Waals surface area contributed by atoms with Crippen molar-refractivity contribution in [3.05, 3.63) is 119 Å². The van der Waals surface area contributed by atoms with E-state index in [0.717, 1.165) is 25.0 Å². The first kappa shape index (κ1) is 48.9. The minimum absolute atomic E-state index is 0.0427. The van der Waals surface area contributed by atoms with Crippen LogP contribution in [-0.2, 0) is 53.7 Å². The number of hydrogen-bond donors (Lipinski definition) is 0. The van der Waals surface area contributed by atoms with Crippen LogP contribution in [0.1, 0.15) is 95.3 Å². The molecule has 0 aromatic heterocycles. The van der Waals surface area contributed by atoms with E-state index < -0.39 is 58.9 Å². The minimum atomic E-state index is -5.74. The fourth-order valence-electron chi connectivity index (χ4n) is 6.12. The third kappa shape index (κ3) is 15.3. The van der Waals surface area contributed by atoms with Gasteiger partial charge < -0.3 is 28.4 Å². The van der Waals surface area contributed by atoms with E-state index in [0.29, 0.717) is 37.8 Å². The van der Waals surface area contributed by atoms with Gasteiger partial charge in [0.05, 0.1) is 49.8 Å². The lowest BCUT2D eigenvalue weighted by atomic mass is 10.0. The molecule has 2 unspecified atom stereocenters. The molecule has 3 aromatic carbocycles. The Kier molecular flexibility index (Phi) is 19.5. The third-order valence-corrected chi connectivity index (χ3v) is 8.95. The topological polar surface area (TPSA) is 124 Å². The summed E-state index contributed by atoms with van der Waals surface area (Å²) in [5.41, 5.74) is -4.60. The highest BCUT2D eigenvalue weighted by atomic mass is 19.4. The SMILES string of the molecule is C=CC(=O)OCCC(CCC)OCCc1ccccc1C(=O)Oc1ccc(OC(=O)c2ccccc2CCOC(CCC)CCOC(=O)C=C)c(C(F)(F)F)c1C(F)(F)F. The van der Waals surface area contributed by atoms with Crippen molar-refractivity contribution >= 4 is 23.9 Å². The van der Waals surface area contributed by atoms with Crippen LogP contribution in [0.15, 0.2) is 86.0 Å². The molecular weight excluding hydrogens is 802 g/mol. The molecule has 0 aliphatic rings. The highest BCUT2D eigenvalue weighted by molar-refractivity contribution is 5.94. The summed E-state index contributed by atoms with van der Waals surface area (Å²) >= 11 is 0. The van der Waals surface area contributed by atoms with Crippen molar-refractivity contribution in [2.45, 2.75) is 89.8 Å². The molecule has 326 valence electrons. The zero-order valence-electron chi connectivity index (χ0n) is 33.3. The normalized spacial score (nSPS) is 12.5. The van der Waals surface area contributed by atoms with E-state index in [2.05, 4.69) is 13.2 Å². The van der Waals surface area contributed by atoms with Gasteiger partial charge in [0, 0.05) is 25.0 Å². The molecule has 0 saturated heterocycles. The molecule has 60 heavy (non-hydrogen) atoms. The van der Waals surface area contributed by atoms with E-state index in [9.17, 15) is 45.5 Å². The minimum Gasteiger partial charge on any atom is -0.462 e. The van der Waals surface area contributed by atoms with Crippen LogP contribution < -0.4 is 9.47 Å². The largest absolute Gasteiger partial charge is 0.462 e. The Morgan fingerprint density at radius 3 is 1.27 bits per heavy atom. The predicted molar refractivity (Wildman–Crippen MR) is 207 cm³/mol. The summed E-state index contributed by atoms with van der Waals surface area (Å²) < 4.78 is 120. The van der Waals surface area contributed by atoms with Gasteiger partial charge in [-0.15, -0.1) is 0 Å². The molecule has 0 N–H and O–H groups in total. The molecule has 0 spiro atoms. The number of ether oxygens (including phenoxy) is 6. The Labute approximate surface area is 344 Å². The zero-order chi connectivity index (χ0) is 44.3. The number of rotatable bonds is 24. The standard InChI is InChI=1S/C44H48F6O10/c1-5-13-31(23-27-57-37(51)7-3)55-25-21-29-15-9-11-17-33(29)41(53)59-35-19-20-36(40(44(48,49)50)39(35)43(45,46)47)60-42(54)34-18-12-10-16-30(34)22-26-56-32(14-6-2)24-28-58-38(52)8-4/h7-12,15-20,31-32H,3-6,13-14,21-28H2,1-2H3. The summed E-state index contributed by atoms with van der Waals surface area (Å²) in [5.74, 6) is -6.84. The average Bonchev–Trinajstić information content (AvgIpc) is 3.20. The Hall–Kier alpha value is -5.48. The first-order chi connectivity index (χ1) is 28.5. The molecule has 3 aromatic rings. The molecule has 0 heterocycles. The van der Waals surface area contributed by atoms with Gasteiger partial charge in [-0.1, -0.05) is 76.2 Å². The maximum absolute atomic E-state index is 14.6. The van der Waals surface area contributed by atoms with Crippen molar-refractivity contribution in [2.24, 2.45) is 0 Å². The van der Waals surface area contributed by atoms with E-state index >= 15 is 0 Å². The predicted octanol–water partition coefficient (Wildman–Crippen LogP) is 9.86. The molecule has 2 atom stereocenters. The van der Waals surface area contributed by atoms with Crippen LogP contribution in [0.2, 0.25) is 0 Å². The van der Waals surface area contributed by atoms with Gasteiger partial charge in [0.25, 0.3) is 0 Å². The third-order valence-electron chi connectivity index (χ3n) is 8.95. The number of halogens is 6. The van der Waals surface area contributed by atoms with Crippen molar-refractivity contribution in [1.29, 1.82) is 0 Å². The number of hydrogen-bond acceptors (Lipinski definition) is 10. The van der Waals surface area contributed by atoms with Crippen molar-refractivity contribution < 1.29 is 73.9 Å². The monoisotopic (exact) mass is 850 g/mol. The van der Waals surface area contributed by atoms with Gasteiger partial charge in [0.2, 0.25) is 0 Å². The lowest BCUT2D eigenvalue weighted by molar-refractivity contribution is -0.163. The van der Waals surface area contributed by atoms with Gasteiger partial charge in [0.15, 0.2) is 0 Å². The fourth-order valence-corrected chi connectivity index (χ4v) is 6.12. The van der Waals surface area contributed by atoms with Crippen molar-refractivity contribution in [2.75, 3.05) is 26.4 Å². The highest BCUT2D eigenvalue weighted by Gasteiger charge is 2.49. The molecule has 0 amide bonds. The van der Waals surface area contributed by atoms with Crippen LogP contribution in [0, 0.1) is 0 Å². The summed E-state index contributed by atoms with van der Waals surface area (Å²) in [5, 5.41) is 0. The second-order valence-corrected chi connectivity index (χ2v) is 13.3. The lowest BCUT2D eigenvalue weighted by Gasteiger charge is -2.22. The maximum atomic E-state index is 14.6. The summed E-state index contributed by atoms with van der Waals surface area (Å²) in [6, 6.07) is 12.4. The zero-order valence-corrected chi connectivity index (χ0v) is 33.3. The molecule has 3 rings (SSSR count). The summed E-state index contributed by atoms with van der Waals surface area (Å²) in [7, 11) is 0. The molecule has 0 aliphatic heterocycles. The number of alkyl halides is 6. The molecular formula is C44H48F6O10. The molecule has 10 nitrogen and oxygen atoms in total.